The van der Waals surface area contributed by atoms with E-state index < -0.39 is 0 Å². The van der Waals surface area contributed by atoms with Crippen LogP contribution >= 0.6 is 0 Å². The Balaban J connectivity index is 2.25. The van der Waals surface area contributed by atoms with E-state index in [1.807, 2.05) is 6.92 Å². The molecule has 0 radical (unpaired) electrons. The molecule has 118 valence electrons. The number of hydrogen-bond acceptors (Lipinski definition) is 3. The Hall–Kier alpha value is -0.810. The Kier molecular flexibility index (Phi) is 8.62. The van der Waals surface area contributed by atoms with E-state index in [1.165, 1.54) is 12.8 Å². The van der Waals surface area contributed by atoms with Crippen LogP contribution in [0.3, 0.4) is 0 Å². The van der Waals surface area contributed by atoms with Crippen molar-refractivity contribution in [3.63, 3.8) is 0 Å². The molecular weight excluding hydrogens is 252 g/mol. The molecule has 0 spiro atoms. The number of hydrogen-bond donors (Lipinski definition) is 2. The fourth-order valence-electron chi connectivity index (χ4n) is 2.06. The van der Waals surface area contributed by atoms with Crippen molar-refractivity contribution in [2.24, 2.45) is 4.99 Å². The SMILES string of the molecule is CCNC(=NCC(C)N(C)C1CC1)NCCCOCC. The highest BCUT2D eigenvalue weighted by molar-refractivity contribution is 5.79. The summed E-state index contributed by atoms with van der Waals surface area (Å²) < 4.78 is 5.33. The number of nitrogens with one attached hydrogen (secondary N) is 2. The van der Waals surface area contributed by atoms with Gasteiger partial charge < -0.3 is 15.4 Å². The second-order valence-corrected chi connectivity index (χ2v) is 5.44. The summed E-state index contributed by atoms with van der Waals surface area (Å²) in [6, 6.07) is 1.29. The van der Waals surface area contributed by atoms with E-state index in [2.05, 4.69) is 41.4 Å². The maximum Gasteiger partial charge on any atom is 0.191 e. The highest BCUT2D eigenvalue weighted by atomic mass is 16.5. The van der Waals surface area contributed by atoms with Crippen molar-refractivity contribution in [1.29, 1.82) is 0 Å². The number of likely N-dealkylation sites (N-methyl/N-ethyl adjacent to an activating group) is 1. The standard InChI is InChI=1S/C15H32N4O/c1-5-16-15(17-10-7-11-20-6-2)18-12-13(3)19(4)14-8-9-14/h13-14H,5-12H2,1-4H3,(H2,16,17,18). The lowest BCUT2D eigenvalue weighted by atomic mass is 10.3. The van der Waals surface area contributed by atoms with Crippen molar-refractivity contribution in [2.75, 3.05) is 39.9 Å². The molecule has 5 nitrogen and oxygen atoms in total. The van der Waals surface area contributed by atoms with E-state index in [0.717, 1.165) is 51.3 Å². The summed E-state index contributed by atoms with van der Waals surface area (Å²) in [6.45, 7) is 10.6. The molecular formula is C15H32N4O. The van der Waals surface area contributed by atoms with Gasteiger partial charge in [0.05, 0.1) is 6.54 Å². The first-order valence-corrected chi connectivity index (χ1v) is 8.00. The minimum absolute atomic E-state index is 0.501. The van der Waals surface area contributed by atoms with Gasteiger partial charge in [-0.2, -0.15) is 0 Å². The van der Waals surface area contributed by atoms with Gasteiger partial charge >= 0.3 is 0 Å². The molecule has 20 heavy (non-hydrogen) atoms. The highest BCUT2D eigenvalue weighted by Gasteiger charge is 2.28. The summed E-state index contributed by atoms with van der Waals surface area (Å²) in [4.78, 5) is 7.12. The number of nitrogens with zero attached hydrogens (tertiary/aromatic N) is 2. The average molecular weight is 284 g/mol. The predicted octanol–water partition coefficient (Wildman–Crippen LogP) is 1.45. The van der Waals surface area contributed by atoms with Crippen molar-refractivity contribution in [2.45, 2.75) is 52.1 Å². The molecule has 0 bridgehead atoms. The van der Waals surface area contributed by atoms with E-state index >= 15 is 0 Å². The van der Waals surface area contributed by atoms with Crippen LogP contribution in [0.15, 0.2) is 4.99 Å². The molecule has 0 amide bonds. The van der Waals surface area contributed by atoms with Crippen LogP contribution in [0.1, 0.15) is 40.0 Å². The first-order valence-electron chi connectivity index (χ1n) is 8.00. The summed E-state index contributed by atoms with van der Waals surface area (Å²) >= 11 is 0. The Labute approximate surface area is 124 Å². The molecule has 1 aliphatic rings. The molecule has 0 aromatic rings. The van der Waals surface area contributed by atoms with Gasteiger partial charge in [-0.3, -0.25) is 9.89 Å². The number of aliphatic imine (C=N–C) groups is 1. The normalized spacial score (nSPS) is 17.4. The van der Waals surface area contributed by atoms with Gasteiger partial charge in [0.15, 0.2) is 5.96 Å². The van der Waals surface area contributed by atoms with Crippen LogP contribution in [0.5, 0.6) is 0 Å². The van der Waals surface area contributed by atoms with E-state index in [4.69, 9.17) is 4.74 Å². The van der Waals surface area contributed by atoms with Gasteiger partial charge in [-0.25, -0.2) is 0 Å². The van der Waals surface area contributed by atoms with Crippen LogP contribution in [-0.2, 0) is 4.74 Å². The minimum Gasteiger partial charge on any atom is -0.382 e. The molecule has 0 heterocycles. The van der Waals surface area contributed by atoms with Crippen molar-refractivity contribution in [1.82, 2.24) is 15.5 Å². The Morgan fingerprint density at radius 1 is 1.35 bits per heavy atom. The number of ether oxygens (including phenoxy) is 1. The van der Waals surface area contributed by atoms with Gasteiger partial charge in [-0.1, -0.05) is 0 Å². The van der Waals surface area contributed by atoms with Crippen LogP contribution in [0.25, 0.3) is 0 Å². The Morgan fingerprint density at radius 3 is 2.70 bits per heavy atom. The Bertz CT molecular complexity index is 279. The fourth-order valence-corrected chi connectivity index (χ4v) is 2.06. The zero-order valence-electron chi connectivity index (χ0n) is 13.6. The maximum absolute atomic E-state index is 5.33. The molecule has 1 aliphatic carbocycles. The molecule has 1 unspecified atom stereocenters. The number of guanidine groups is 1. The van der Waals surface area contributed by atoms with Gasteiger partial charge in [-0.05, 0) is 47.1 Å². The molecule has 2 N–H and O–H groups in total. The van der Waals surface area contributed by atoms with Crippen LogP contribution in [0.2, 0.25) is 0 Å². The first-order chi connectivity index (χ1) is 9.69. The van der Waals surface area contributed by atoms with Gasteiger partial charge in [0, 0.05) is 38.4 Å². The van der Waals surface area contributed by atoms with Crippen LogP contribution < -0.4 is 10.6 Å². The van der Waals surface area contributed by atoms with Gasteiger partial charge in [-0.15, -0.1) is 0 Å². The van der Waals surface area contributed by atoms with Crippen LogP contribution in [0, 0.1) is 0 Å². The monoisotopic (exact) mass is 284 g/mol. The third kappa shape index (κ3) is 7.10. The minimum atomic E-state index is 0.501. The average Bonchev–Trinajstić information content (AvgIpc) is 3.27. The largest absolute Gasteiger partial charge is 0.382 e. The number of rotatable bonds is 10. The summed E-state index contributed by atoms with van der Waals surface area (Å²) in [7, 11) is 2.21. The molecule has 1 saturated carbocycles. The summed E-state index contributed by atoms with van der Waals surface area (Å²) in [5, 5.41) is 6.65. The maximum atomic E-state index is 5.33. The molecule has 0 saturated heterocycles. The predicted molar refractivity (Wildman–Crippen MR) is 85.3 cm³/mol. The molecule has 1 fully saturated rings. The second-order valence-electron chi connectivity index (χ2n) is 5.44. The smallest absolute Gasteiger partial charge is 0.191 e. The summed E-state index contributed by atoms with van der Waals surface area (Å²) in [5.74, 6) is 0.917. The topological polar surface area (TPSA) is 48.9 Å². The zero-order chi connectivity index (χ0) is 14.8. The molecule has 0 aliphatic heterocycles. The van der Waals surface area contributed by atoms with E-state index in [1.54, 1.807) is 0 Å². The van der Waals surface area contributed by atoms with Crippen molar-refractivity contribution in [3.8, 4) is 0 Å². The summed E-state index contributed by atoms with van der Waals surface area (Å²) in [5.41, 5.74) is 0. The zero-order valence-corrected chi connectivity index (χ0v) is 13.6. The van der Waals surface area contributed by atoms with E-state index in [9.17, 15) is 0 Å². The van der Waals surface area contributed by atoms with E-state index in [-0.39, 0.29) is 0 Å². The Morgan fingerprint density at radius 2 is 2.10 bits per heavy atom. The highest BCUT2D eigenvalue weighted by Crippen LogP contribution is 2.26. The lowest BCUT2D eigenvalue weighted by molar-refractivity contribution is 0.145. The summed E-state index contributed by atoms with van der Waals surface area (Å²) in [6.07, 6.45) is 3.70. The lowest BCUT2D eigenvalue weighted by Gasteiger charge is -2.23. The third-order valence-electron chi connectivity index (χ3n) is 3.64. The van der Waals surface area contributed by atoms with E-state index in [0.29, 0.717) is 6.04 Å². The molecule has 0 aromatic carbocycles. The van der Waals surface area contributed by atoms with Gasteiger partial charge in [0.25, 0.3) is 0 Å². The van der Waals surface area contributed by atoms with Crippen molar-refractivity contribution >= 4 is 5.96 Å². The molecule has 0 aromatic heterocycles. The van der Waals surface area contributed by atoms with Crippen LogP contribution in [-0.4, -0.2) is 62.8 Å². The van der Waals surface area contributed by atoms with Crippen molar-refractivity contribution in [3.05, 3.63) is 0 Å². The van der Waals surface area contributed by atoms with Gasteiger partial charge in [0.1, 0.15) is 0 Å². The second kappa shape index (κ2) is 10.00. The first kappa shape index (κ1) is 17.2. The molecule has 1 atom stereocenters. The van der Waals surface area contributed by atoms with Crippen LogP contribution in [0.4, 0.5) is 0 Å². The fraction of sp³-hybridized carbons (Fsp3) is 0.933. The quantitative estimate of drug-likeness (QED) is 0.362. The lowest BCUT2D eigenvalue weighted by Crippen LogP contribution is -2.40. The molecule has 5 heteroatoms. The van der Waals surface area contributed by atoms with Crippen molar-refractivity contribution < 1.29 is 4.74 Å². The molecule has 1 rings (SSSR count). The third-order valence-corrected chi connectivity index (χ3v) is 3.64. The van der Waals surface area contributed by atoms with Gasteiger partial charge in [0.2, 0.25) is 0 Å².